The van der Waals surface area contributed by atoms with Crippen LogP contribution < -0.4 is 0 Å². The number of hydrogen-bond acceptors (Lipinski definition) is 0. The van der Waals surface area contributed by atoms with Crippen LogP contribution in [0.3, 0.4) is 0 Å². The fourth-order valence-corrected chi connectivity index (χ4v) is 0.957. The van der Waals surface area contributed by atoms with Gasteiger partial charge in [-0.15, -0.1) is 0 Å². The first-order valence-corrected chi connectivity index (χ1v) is 2.84. The van der Waals surface area contributed by atoms with E-state index in [0.717, 1.165) is 22.9 Å². The Hall–Kier alpha value is 0.1000. The maximum Gasteiger partial charge on any atom is 0.0613 e. The third-order valence-electron chi connectivity index (χ3n) is 0.835. The number of rotatable bonds is 0. The second kappa shape index (κ2) is 1.92. The molecule has 0 saturated heterocycles. The van der Waals surface area contributed by atoms with Crippen LogP contribution in [-0.4, -0.2) is 0 Å². The Morgan fingerprint density at radius 2 is 1.57 bits per heavy atom. The molecule has 0 aromatic rings. The van der Waals surface area contributed by atoms with E-state index in [1.165, 1.54) is 0 Å². The summed E-state index contributed by atoms with van der Waals surface area (Å²) in [5.74, 6) is 0. The zero-order valence-corrected chi connectivity index (χ0v) is 5.18. The van der Waals surface area contributed by atoms with Crippen molar-refractivity contribution in [1.29, 1.82) is 0 Å². The van der Waals surface area contributed by atoms with Crippen LogP contribution in [0.5, 0.6) is 0 Å². The lowest BCUT2D eigenvalue weighted by molar-refractivity contribution is 1.06. The molecule has 0 aromatic heterocycles. The van der Waals surface area contributed by atoms with Gasteiger partial charge in [0.1, 0.15) is 0 Å². The Morgan fingerprint density at radius 1 is 1.14 bits per heavy atom. The van der Waals surface area contributed by atoms with Crippen molar-refractivity contribution in [3.05, 3.63) is 15.8 Å². The molecule has 1 aliphatic carbocycles. The van der Waals surface area contributed by atoms with E-state index >= 15 is 0 Å². The number of halogens is 2. The van der Waals surface area contributed by atoms with Crippen molar-refractivity contribution in [2.75, 3.05) is 0 Å². The maximum atomic E-state index is 5.51. The van der Waals surface area contributed by atoms with E-state index in [1.807, 2.05) is 0 Å². The molecule has 0 nitrogen and oxygen atoms in total. The highest BCUT2D eigenvalue weighted by atomic mass is 35.5. The summed E-state index contributed by atoms with van der Waals surface area (Å²) in [6, 6.07) is 0. The third-order valence-corrected chi connectivity index (χ3v) is 1.40. The second-order valence-corrected chi connectivity index (χ2v) is 2.35. The first-order valence-electron chi connectivity index (χ1n) is 2.09. The Labute approximate surface area is 52.4 Å². The van der Waals surface area contributed by atoms with Crippen LogP contribution in [0, 0.1) is 0 Å². The lowest BCUT2D eigenvalue weighted by Gasteiger charge is -1.79. The van der Waals surface area contributed by atoms with Crippen molar-refractivity contribution in [3.8, 4) is 0 Å². The molecule has 0 aliphatic heterocycles. The van der Waals surface area contributed by atoms with Crippen LogP contribution in [0.15, 0.2) is 15.8 Å². The van der Waals surface area contributed by atoms with E-state index in [-0.39, 0.29) is 0 Å². The molecule has 2 heteroatoms. The lowest BCUT2D eigenvalue weighted by Crippen LogP contribution is -1.61. The molecular weight excluding hydrogens is 131 g/mol. The summed E-state index contributed by atoms with van der Waals surface area (Å²) < 4.78 is 0. The van der Waals surface area contributed by atoms with Gasteiger partial charge in [-0.05, 0) is 12.8 Å². The van der Waals surface area contributed by atoms with Gasteiger partial charge in [-0.1, -0.05) is 28.9 Å². The van der Waals surface area contributed by atoms with Gasteiger partial charge in [-0.2, -0.15) is 0 Å². The van der Waals surface area contributed by atoms with Gasteiger partial charge in [0.05, 0.1) is 10.1 Å². The van der Waals surface area contributed by atoms with Gasteiger partial charge in [-0.3, -0.25) is 0 Å². The normalized spacial score (nSPS) is 19.1. The predicted molar refractivity (Wildman–Crippen MR) is 31.5 cm³/mol. The topological polar surface area (TPSA) is 0 Å². The SMILES string of the molecule is ClC1=C=C(Cl)CC1. The molecule has 0 saturated carbocycles. The Morgan fingerprint density at radius 3 is 1.71 bits per heavy atom. The molecule has 38 valence electrons. The fourth-order valence-electron chi connectivity index (χ4n) is 0.492. The van der Waals surface area contributed by atoms with Crippen molar-refractivity contribution in [2.45, 2.75) is 12.8 Å². The zero-order chi connectivity index (χ0) is 5.28. The summed E-state index contributed by atoms with van der Waals surface area (Å²) in [6.07, 6.45) is 1.75. The minimum atomic E-state index is 0.755. The van der Waals surface area contributed by atoms with Gasteiger partial charge >= 0.3 is 0 Å². The molecule has 0 heterocycles. The molecule has 0 aromatic carbocycles. The molecule has 0 bridgehead atoms. The molecule has 0 unspecified atom stereocenters. The molecule has 0 atom stereocenters. The molecule has 0 amide bonds. The van der Waals surface area contributed by atoms with Crippen molar-refractivity contribution in [2.24, 2.45) is 0 Å². The minimum absolute atomic E-state index is 0.755. The Bertz CT molecular complexity index is 126. The monoisotopic (exact) mass is 134 g/mol. The van der Waals surface area contributed by atoms with Crippen molar-refractivity contribution in [3.63, 3.8) is 0 Å². The molecule has 7 heavy (non-hydrogen) atoms. The summed E-state index contributed by atoms with van der Waals surface area (Å²) >= 11 is 11.0. The molecule has 0 spiro atoms. The zero-order valence-electron chi connectivity index (χ0n) is 3.67. The van der Waals surface area contributed by atoms with Crippen LogP contribution in [0.1, 0.15) is 12.8 Å². The van der Waals surface area contributed by atoms with Crippen molar-refractivity contribution in [1.82, 2.24) is 0 Å². The van der Waals surface area contributed by atoms with Crippen LogP contribution in [0.2, 0.25) is 0 Å². The Kier molecular flexibility index (Phi) is 1.43. The van der Waals surface area contributed by atoms with Gasteiger partial charge in [0.2, 0.25) is 0 Å². The smallest absolute Gasteiger partial charge is 0.0613 e. The highest BCUT2D eigenvalue weighted by Gasteiger charge is 2.01. The van der Waals surface area contributed by atoms with Gasteiger partial charge in [-0.25, -0.2) is 0 Å². The Balaban J connectivity index is 2.81. The van der Waals surface area contributed by atoms with E-state index in [9.17, 15) is 0 Å². The molecule has 0 N–H and O–H groups in total. The largest absolute Gasteiger partial charge is 0.0891 e. The number of hydrogen-bond donors (Lipinski definition) is 0. The lowest BCUT2D eigenvalue weighted by atomic mass is 10.4. The predicted octanol–water partition coefficient (Wildman–Crippen LogP) is 2.62. The van der Waals surface area contributed by atoms with Gasteiger partial charge in [0.15, 0.2) is 0 Å². The summed E-state index contributed by atoms with van der Waals surface area (Å²) in [5, 5.41) is 1.51. The maximum absolute atomic E-state index is 5.51. The average Bonchev–Trinajstić information content (AvgIpc) is 1.87. The minimum Gasteiger partial charge on any atom is -0.0891 e. The summed E-state index contributed by atoms with van der Waals surface area (Å²) in [6.45, 7) is 0. The molecule has 1 rings (SSSR count). The van der Waals surface area contributed by atoms with E-state index in [2.05, 4.69) is 5.73 Å². The van der Waals surface area contributed by atoms with E-state index in [1.54, 1.807) is 0 Å². The standard InChI is InChI=1S/C5H4Cl2/c6-4-1-2-5(7)3-4/h1-2H2. The molecule has 0 fully saturated rings. The van der Waals surface area contributed by atoms with Gasteiger partial charge in [0, 0.05) is 0 Å². The van der Waals surface area contributed by atoms with Crippen molar-refractivity contribution >= 4 is 23.2 Å². The van der Waals surface area contributed by atoms with Gasteiger partial charge in [0.25, 0.3) is 0 Å². The quantitative estimate of drug-likeness (QED) is 0.448. The molecule has 1 aliphatic rings. The van der Waals surface area contributed by atoms with E-state index < -0.39 is 0 Å². The molecule has 0 radical (unpaired) electrons. The highest BCUT2D eigenvalue weighted by Crippen LogP contribution is 2.22. The van der Waals surface area contributed by atoms with Crippen molar-refractivity contribution < 1.29 is 0 Å². The highest BCUT2D eigenvalue weighted by molar-refractivity contribution is 6.33. The third kappa shape index (κ3) is 1.24. The fraction of sp³-hybridized carbons (Fsp3) is 0.400. The first-order chi connectivity index (χ1) is 3.29. The summed E-state index contributed by atoms with van der Waals surface area (Å²) in [4.78, 5) is 0. The second-order valence-electron chi connectivity index (χ2n) is 1.43. The average molecular weight is 135 g/mol. The van der Waals surface area contributed by atoms with Crippen LogP contribution in [0.25, 0.3) is 0 Å². The number of allylic oxidation sites excluding steroid dienone is 1. The summed E-state index contributed by atoms with van der Waals surface area (Å²) in [5.41, 5.74) is 2.78. The molecular formula is C5H4Cl2. The summed E-state index contributed by atoms with van der Waals surface area (Å²) in [7, 11) is 0. The van der Waals surface area contributed by atoms with E-state index in [4.69, 9.17) is 23.2 Å². The van der Waals surface area contributed by atoms with Crippen LogP contribution >= 0.6 is 23.2 Å². The van der Waals surface area contributed by atoms with Crippen LogP contribution in [0.4, 0.5) is 0 Å². The van der Waals surface area contributed by atoms with E-state index in [0.29, 0.717) is 0 Å². The van der Waals surface area contributed by atoms with Crippen LogP contribution in [-0.2, 0) is 0 Å². The first kappa shape index (κ1) is 5.24. The van der Waals surface area contributed by atoms with Gasteiger partial charge < -0.3 is 0 Å².